The first kappa shape index (κ1) is 15.3. The lowest BCUT2D eigenvalue weighted by molar-refractivity contribution is -0.137. The van der Waals surface area contributed by atoms with E-state index in [9.17, 15) is 4.79 Å². The lowest BCUT2D eigenvalue weighted by Gasteiger charge is -2.34. The second-order valence-electron chi connectivity index (χ2n) is 5.24. The van der Waals surface area contributed by atoms with Crippen molar-refractivity contribution in [3.8, 4) is 0 Å². The number of carbonyl (C=O) groups is 1. The van der Waals surface area contributed by atoms with Crippen LogP contribution in [0.25, 0.3) is 0 Å². The van der Waals surface area contributed by atoms with Crippen molar-refractivity contribution in [2.24, 2.45) is 7.05 Å². The number of aryl methyl sites for hydroxylation is 2. The normalized spacial score (nSPS) is 17.6. The number of carboxylic acid groups (broad SMARTS) is 1. The quantitative estimate of drug-likeness (QED) is 0.878. The van der Waals surface area contributed by atoms with Gasteiger partial charge in [-0.2, -0.15) is 5.10 Å². The predicted molar refractivity (Wildman–Crippen MR) is 76.9 cm³/mol. The Balaban J connectivity index is 1.84. The molecule has 1 aliphatic heterocycles. The summed E-state index contributed by atoms with van der Waals surface area (Å²) in [6, 6.07) is 0. The molecule has 0 aliphatic carbocycles. The highest BCUT2D eigenvalue weighted by Gasteiger charge is 2.20. The molecule has 1 N–H and O–H groups in total. The average Bonchev–Trinajstić information content (AvgIpc) is 2.64. The molecule has 0 saturated carbocycles. The van der Waals surface area contributed by atoms with E-state index in [-0.39, 0.29) is 6.42 Å². The number of halogens is 1. The molecule has 0 bridgehead atoms. The van der Waals surface area contributed by atoms with Crippen molar-refractivity contribution < 1.29 is 9.90 Å². The number of rotatable bonds is 5. The van der Waals surface area contributed by atoms with Crippen molar-refractivity contribution in [1.29, 1.82) is 0 Å². The molecule has 6 nitrogen and oxygen atoms in total. The summed E-state index contributed by atoms with van der Waals surface area (Å²) >= 11 is 6.24. The molecule has 112 valence electrons. The van der Waals surface area contributed by atoms with Crippen molar-refractivity contribution in [2.45, 2.75) is 19.9 Å². The number of hydrogen-bond donors (Lipinski definition) is 1. The summed E-state index contributed by atoms with van der Waals surface area (Å²) in [6.07, 6.45) is 0.216. The first-order valence-electron chi connectivity index (χ1n) is 6.82. The first-order chi connectivity index (χ1) is 9.47. The third-order valence-electron chi connectivity index (χ3n) is 3.76. The van der Waals surface area contributed by atoms with Crippen LogP contribution in [-0.4, -0.2) is 63.4 Å². The Bertz CT molecular complexity index is 481. The van der Waals surface area contributed by atoms with Gasteiger partial charge in [-0.1, -0.05) is 11.6 Å². The van der Waals surface area contributed by atoms with Crippen molar-refractivity contribution in [3.63, 3.8) is 0 Å². The van der Waals surface area contributed by atoms with E-state index in [1.54, 1.807) is 4.68 Å². The highest BCUT2D eigenvalue weighted by molar-refractivity contribution is 6.30. The Labute approximate surface area is 123 Å². The van der Waals surface area contributed by atoms with Crippen molar-refractivity contribution >= 4 is 17.6 Å². The van der Waals surface area contributed by atoms with Gasteiger partial charge in [-0.25, -0.2) is 0 Å². The van der Waals surface area contributed by atoms with Gasteiger partial charge in [0, 0.05) is 51.9 Å². The number of aliphatic carboxylic acids is 1. The molecular formula is C13H21ClN4O2. The highest BCUT2D eigenvalue weighted by atomic mass is 35.5. The van der Waals surface area contributed by atoms with Crippen LogP contribution in [0, 0.1) is 6.92 Å². The minimum absolute atomic E-state index is 0.216. The zero-order valence-electron chi connectivity index (χ0n) is 12.0. The van der Waals surface area contributed by atoms with Gasteiger partial charge in [-0.3, -0.25) is 14.4 Å². The SMILES string of the molecule is Cc1nn(C)c(Cl)c1CN1CCN(CCC(=O)O)CC1. The zero-order valence-corrected chi connectivity index (χ0v) is 12.7. The molecule has 1 aromatic heterocycles. The number of aromatic nitrogens is 2. The predicted octanol–water partition coefficient (Wildman–Crippen LogP) is 0.974. The third-order valence-corrected chi connectivity index (χ3v) is 4.23. The monoisotopic (exact) mass is 300 g/mol. The lowest BCUT2D eigenvalue weighted by atomic mass is 10.2. The van der Waals surface area contributed by atoms with Gasteiger partial charge in [-0.15, -0.1) is 0 Å². The summed E-state index contributed by atoms with van der Waals surface area (Å²) < 4.78 is 1.70. The molecule has 2 heterocycles. The third kappa shape index (κ3) is 3.71. The van der Waals surface area contributed by atoms with Crippen LogP contribution < -0.4 is 0 Å². The van der Waals surface area contributed by atoms with Gasteiger partial charge in [0.2, 0.25) is 0 Å². The Morgan fingerprint density at radius 2 is 1.90 bits per heavy atom. The van der Waals surface area contributed by atoms with E-state index >= 15 is 0 Å². The molecule has 0 atom stereocenters. The summed E-state index contributed by atoms with van der Waals surface area (Å²) in [5.41, 5.74) is 2.07. The van der Waals surface area contributed by atoms with Gasteiger partial charge in [0.1, 0.15) is 5.15 Å². The molecule has 0 amide bonds. The van der Waals surface area contributed by atoms with E-state index in [0.717, 1.165) is 44.0 Å². The molecule has 1 fully saturated rings. The molecule has 0 aromatic carbocycles. The zero-order chi connectivity index (χ0) is 14.7. The van der Waals surface area contributed by atoms with Crippen molar-refractivity contribution in [2.75, 3.05) is 32.7 Å². The fourth-order valence-electron chi connectivity index (χ4n) is 2.50. The summed E-state index contributed by atoms with van der Waals surface area (Å²) in [6.45, 7) is 7.11. The van der Waals surface area contributed by atoms with Crippen LogP contribution in [-0.2, 0) is 18.4 Å². The molecule has 7 heteroatoms. The standard InChI is InChI=1S/C13H21ClN4O2/c1-10-11(13(14)16(2)15-10)9-18-7-5-17(6-8-18)4-3-12(19)20/h3-9H2,1-2H3,(H,19,20). The van der Waals surface area contributed by atoms with E-state index < -0.39 is 5.97 Å². The highest BCUT2D eigenvalue weighted by Crippen LogP contribution is 2.21. The van der Waals surface area contributed by atoms with Crippen LogP contribution in [0.5, 0.6) is 0 Å². The maximum atomic E-state index is 10.6. The number of carboxylic acids is 1. The fraction of sp³-hybridized carbons (Fsp3) is 0.692. The van der Waals surface area contributed by atoms with Crippen LogP contribution in [0.2, 0.25) is 5.15 Å². The van der Waals surface area contributed by atoms with E-state index in [1.807, 2.05) is 14.0 Å². The Morgan fingerprint density at radius 3 is 2.40 bits per heavy atom. The number of piperazine rings is 1. The van der Waals surface area contributed by atoms with Gasteiger partial charge in [0.15, 0.2) is 0 Å². The van der Waals surface area contributed by atoms with Gasteiger partial charge in [-0.05, 0) is 6.92 Å². The van der Waals surface area contributed by atoms with Crippen LogP contribution in [0.3, 0.4) is 0 Å². The van der Waals surface area contributed by atoms with Crippen LogP contribution >= 0.6 is 11.6 Å². The van der Waals surface area contributed by atoms with Crippen molar-refractivity contribution in [1.82, 2.24) is 19.6 Å². The van der Waals surface area contributed by atoms with E-state index in [4.69, 9.17) is 16.7 Å². The Hall–Kier alpha value is -1.11. The van der Waals surface area contributed by atoms with E-state index in [2.05, 4.69) is 14.9 Å². The molecule has 0 radical (unpaired) electrons. The van der Waals surface area contributed by atoms with Crippen LogP contribution in [0.15, 0.2) is 0 Å². The molecule has 0 unspecified atom stereocenters. The molecule has 2 rings (SSSR count). The molecule has 20 heavy (non-hydrogen) atoms. The minimum atomic E-state index is -0.731. The number of hydrogen-bond acceptors (Lipinski definition) is 4. The van der Waals surface area contributed by atoms with Gasteiger partial charge < -0.3 is 10.0 Å². The fourth-order valence-corrected chi connectivity index (χ4v) is 2.74. The van der Waals surface area contributed by atoms with Crippen molar-refractivity contribution in [3.05, 3.63) is 16.4 Å². The molecule has 0 spiro atoms. The topological polar surface area (TPSA) is 61.6 Å². The smallest absolute Gasteiger partial charge is 0.304 e. The summed E-state index contributed by atoms with van der Waals surface area (Å²) in [7, 11) is 1.85. The first-order valence-corrected chi connectivity index (χ1v) is 7.19. The van der Waals surface area contributed by atoms with E-state index in [0.29, 0.717) is 11.7 Å². The second-order valence-corrected chi connectivity index (χ2v) is 5.60. The molecule has 1 aromatic rings. The molecule has 1 saturated heterocycles. The Morgan fingerprint density at radius 1 is 1.30 bits per heavy atom. The largest absolute Gasteiger partial charge is 0.481 e. The van der Waals surface area contributed by atoms with Gasteiger partial charge >= 0.3 is 5.97 Å². The maximum Gasteiger partial charge on any atom is 0.304 e. The maximum absolute atomic E-state index is 10.6. The van der Waals surface area contributed by atoms with Gasteiger partial charge in [0.05, 0.1) is 12.1 Å². The molecule has 1 aliphatic rings. The Kier molecular flexibility index (Phi) is 5.01. The number of nitrogens with zero attached hydrogens (tertiary/aromatic N) is 4. The lowest BCUT2D eigenvalue weighted by Crippen LogP contribution is -2.46. The molecular weight excluding hydrogens is 280 g/mol. The minimum Gasteiger partial charge on any atom is -0.481 e. The van der Waals surface area contributed by atoms with Crippen LogP contribution in [0.1, 0.15) is 17.7 Å². The van der Waals surface area contributed by atoms with E-state index in [1.165, 1.54) is 0 Å². The van der Waals surface area contributed by atoms with Crippen LogP contribution in [0.4, 0.5) is 0 Å². The van der Waals surface area contributed by atoms with Gasteiger partial charge in [0.25, 0.3) is 0 Å². The summed E-state index contributed by atoms with van der Waals surface area (Å²) in [4.78, 5) is 15.1. The summed E-state index contributed by atoms with van der Waals surface area (Å²) in [5, 5.41) is 13.7. The summed E-state index contributed by atoms with van der Waals surface area (Å²) in [5.74, 6) is -0.731. The second kappa shape index (κ2) is 6.56. The average molecular weight is 301 g/mol.